The number of hydrogen-bond acceptors (Lipinski definition) is 7. The van der Waals surface area contributed by atoms with Crippen molar-refractivity contribution in [2.45, 2.75) is 17.5 Å². The zero-order valence-corrected chi connectivity index (χ0v) is 21.0. The number of thiazole rings is 1. The van der Waals surface area contributed by atoms with Gasteiger partial charge in [-0.05, 0) is 48.0 Å². The lowest BCUT2D eigenvalue weighted by Gasteiger charge is -2.10. The Labute approximate surface area is 219 Å². The fourth-order valence-corrected chi connectivity index (χ4v) is 5.30. The fraction of sp³-hybridized carbons (Fsp3) is 0.0800. The van der Waals surface area contributed by atoms with Crippen molar-refractivity contribution in [2.75, 3.05) is 0 Å². The van der Waals surface area contributed by atoms with Gasteiger partial charge in [-0.3, -0.25) is 14.3 Å². The van der Waals surface area contributed by atoms with Crippen molar-refractivity contribution < 1.29 is 9.18 Å². The average molecular weight is 537 g/mol. The van der Waals surface area contributed by atoms with Gasteiger partial charge >= 0.3 is 0 Å². The van der Waals surface area contributed by atoms with E-state index >= 15 is 0 Å². The number of nitrogens with one attached hydrogen (secondary N) is 1. The summed E-state index contributed by atoms with van der Waals surface area (Å²) in [5.41, 5.74) is 2.80. The largest absolute Gasteiger partial charge is 0.347 e. The Morgan fingerprint density at radius 1 is 1.11 bits per heavy atom. The Hall–Kier alpha value is -3.60. The molecule has 0 fully saturated rings. The molecule has 180 valence electrons. The molecule has 0 aliphatic heterocycles. The highest BCUT2D eigenvalue weighted by atomic mass is 35.5. The van der Waals surface area contributed by atoms with Gasteiger partial charge in [0, 0.05) is 34.9 Å². The third-order valence-corrected chi connectivity index (χ3v) is 7.30. The Bertz CT molecular complexity index is 1490. The number of benzene rings is 2. The van der Waals surface area contributed by atoms with Gasteiger partial charge in [0.2, 0.25) is 0 Å². The minimum absolute atomic E-state index is 0.284. The lowest BCUT2D eigenvalue weighted by Crippen LogP contribution is -2.23. The first-order valence-electron chi connectivity index (χ1n) is 10.8. The molecule has 0 aliphatic rings. The Kier molecular flexibility index (Phi) is 7.36. The average Bonchev–Trinajstić information content (AvgIpc) is 3.55. The summed E-state index contributed by atoms with van der Waals surface area (Å²) in [5.74, 6) is 0.549. The Morgan fingerprint density at radius 2 is 1.97 bits per heavy atom. The summed E-state index contributed by atoms with van der Waals surface area (Å²) in [5, 5.41) is 15.4. The summed E-state index contributed by atoms with van der Waals surface area (Å²) in [4.78, 5) is 21.2. The molecule has 3 heterocycles. The van der Waals surface area contributed by atoms with Crippen LogP contribution in [0.4, 0.5) is 4.39 Å². The topological polar surface area (TPSA) is 85.6 Å². The monoisotopic (exact) mass is 536 g/mol. The number of carbonyl (C=O) groups is 1. The molecule has 0 aliphatic carbocycles. The maximum atomic E-state index is 13.1. The van der Waals surface area contributed by atoms with Gasteiger partial charge in [-0.2, -0.15) is 0 Å². The summed E-state index contributed by atoms with van der Waals surface area (Å²) < 4.78 is 15.0. The van der Waals surface area contributed by atoms with Crippen molar-refractivity contribution in [2.24, 2.45) is 0 Å². The second-order valence-corrected chi connectivity index (χ2v) is 9.91. The lowest BCUT2D eigenvalue weighted by molar-refractivity contribution is 0.0946. The predicted molar refractivity (Wildman–Crippen MR) is 139 cm³/mol. The van der Waals surface area contributed by atoms with Crippen LogP contribution >= 0.6 is 34.7 Å². The third kappa shape index (κ3) is 5.62. The first kappa shape index (κ1) is 24.1. The van der Waals surface area contributed by atoms with Crippen molar-refractivity contribution in [3.8, 4) is 17.1 Å². The molecule has 0 unspecified atom stereocenters. The second kappa shape index (κ2) is 11.0. The van der Waals surface area contributed by atoms with Gasteiger partial charge < -0.3 is 5.32 Å². The third-order valence-electron chi connectivity index (χ3n) is 5.09. The summed E-state index contributed by atoms with van der Waals surface area (Å²) in [6.45, 7) is 0.292. The van der Waals surface area contributed by atoms with Gasteiger partial charge in [0.05, 0.1) is 11.4 Å². The highest BCUT2D eigenvalue weighted by Gasteiger charge is 2.18. The molecule has 11 heteroatoms. The van der Waals surface area contributed by atoms with Crippen LogP contribution in [-0.4, -0.2) is 30.6 Å². The van der Waals surface area contributed by atoms with E-state index in [-0.39, 0.29) is 11.7 Å². The molecule has 0 radical (unpaired) electrons. The van der Waals surface area contributed by atoms with E-state index in [9.17, 15) is 9.18 Å². The zero-order chi connectivity index (χ0) is 24.9. The molecule has 3 aromatic heterocycles. The molecule has 0 atom stereocenters. The first-order valence-corrected chi connectivity index (χ1v) is 13.0. The lowest BCUT2D eigenvalue weighted by atomic mass is 10.2. The number of amides is 1. The van der Waals surface area contributed by atoms with Crippen LogP contribution in [0.3, 0.4) is 0 Å². The van der Waals surface area contributed by atoms with E-state index in [1.165, 1.54) is 35.2 Å². The molecule has 2 aromatic carbocycles. The van der Waals surface area contributed by atoms with Crippen molar-refractivity contribution in [3.63, 3.8) is 0 Å². The van der Waals surface area contributed by atoms with Crippen LogP contribution in [0.2, 0.25) is 5.02 Å². The van der Waals surface area contributed by atoms with E-state index in [1.807, 2.05) is 41.0 Å². The minimum Gasteiger partial charge on any atom is -0.347 e. The molecular formula is C25H18ClFN6OS2. The molecule has 5 aromatic rings. The number of thioether (sulfide) groups is 1. The maximum absolute atomic E-state index is 13.1. The van der Waals surface area contributed by atoms with E-state index in [4.69, 9.17) is 11.6 Å². The van der Waals surface area contributed by atoms with E-state index in [1.54, 1.807) is 29.9 Å². The van der Waals surface area contributed by atoms with Gasteiger partial charge in [0.1, 0.15) is 16.5 Å². The van der Waals surface area contributed by atoms with E-state index in [0.717, 1.165) is 21.8 Å². The number of rotatable bonds is 8. The highest BCUT2D eigenvalue weighted by Crippen LogP contribution is 2.31. The molecule has 0 bridgehead atoms. The van der Waals surface area contributed by atoms with Gasteiger partial charge in [0.15, 0.2) is 11.0 Å². The quantitative estimate of drug-likeness (QED) is 0.252. The Balaban J connectivity index is 1.31. The van der Waals surface area contributed by atoms with E-state index in [0.29, 0.717) is 34.0 Å². The maximum Gasteiger partial charge on any atom is 0.271 e. The van der Waals surface area contributed by atoms with Crippen molar-refractivity contribution in [1.29, 1.82) is 0 Å². The molecular weight excluding hydrogens is 519 g/mol. The normalized spacial score (nSPS) is 10.9. The molecule has 1 N–H and O–H groups in total. The summed E-state index contributed by atoms with van der Waals surface area (Å²) >= 11 is 9.11. The van der Waals surface area contributed by atoms with Crippen molar-refractivity contribution in [1.82, 2.24) is 30.0 Å². The van der Waals surface area contributed by atoms with Crippen LogP contribution in [0.5, 0.6) is 0 Å². The SMILES string of the molecule is O=C(NCc1ccc(F)cc1)c1csc(CSc2nnc(-c3cccnc3)n2-c2cccc(Cl)c2)n1. The number of halogens is 2. The second-order valence-electron chi connectivity index (χ2n) is 7.59. The number of aromatic nitrogens is 5. The van der Waals surface area contributed by atoms with Gasteiger partial charge in [-0.1, -0.05) is 41.6 Å². The van der Waals surface area contributed by atoms with Crippen molar-refractivity contribution >= 4 is 40.6 Å². The first-order chi connectivity index (χ1) is 17.6. The minimum atomic E-state index is -0.314. The van der Waals surface area contributed by atoms with E-state index < -0.39 is 0 Å². The predicted octanol–water partition coefficient (Wildman–Crippen LogP) is 5.80. The standard InChI is InChI=1S/C25H18ClFN6OS2/c26-18-4-1-5-20(11-18)33-23(17-3-2-10-28-13-17)31-32-25(33)36-15-22-30-21(14-35-22)24(34)29-12-16-6-8-19(27)9-7-16/h1-11,13-14H,12,15H2,(H,29,34). The van der Waals surface area contributed by atoms with Gasteiger partial charge in [-0.15, -0.1) is 21.5 Å². The molecule has 5 rings (SSSR count). The molecule has 0 saturated carbocycles. The van der Waals surface area contributed by atoms with Crippen LogP contribution in [0, 0.1) is 5.82 Å². The fourth-order valence-electron chi connectivity index (χ4n) is 3.38. The molecule has 0 spiro atoms. The molecule has 1 amide bonds. The number of pyridine rings is 1. The highest BCUT2D eigenvalue weighted by molar-refractivity contribution is 7.98. The van der Waals surface area contributed by atoms with Gasteiger partial charge in [-0.25, -0.2) is 9.37 Å². The van der Waals surface area contributed by atoms with Crippen LogP contribution in [0.15, 0.2) is 83.6 Å². The van der Waals surface area contributed by atoms with Crippen molar-refractivity contribution in [3.05, 3.63) is 106 Å². The molecule has 7 nitrogen and oxygen atoms in total. The van der Waals surface area contributed by atoms with Crippen LogP contribution < -0.4 is 5.32 Å². The number of hydrogen-bond donors (Lipinski definition) is 1. The Morgan fingerprint density at radius 3 is 2.75 bits per heavy atom. The smallest absolute Gasteiger partial charge is 0.271 e. The number of carbonyl (C=O) groups excluding carboxylic acids is 1. The van der Waals surface area contributed by atoms with Crippen LogP contribution in [0.1, 0.15) is 21.1 Å². The van der Waals surface area contributed by atoms with E-state index in [2.05, 4.69) is 25.5 Å². The van der Waals surface area contributed by atoms with Crippen LogP contribution in [0.25, 0.3) is 17.1 Å². The van der Waals surface area contributed by atoms with Gasteiger partial charge in [0.25, 0.3) is 5.91 Å². The molecule has 36 heavy (non-hydrogen) atoms. The zero-order valence-electron chi connectivity index (χ0n) is 18.6. The number of nitrogens with zero attached hydrogens (tertiary/aromatic N) is 5. The summed E-state index contributed by atoms with van der Waals surface area (Å²) in [7, 11) is 0. The van der Waals surface area contributed by atoms with Crippen LogP contribution in [-0.2, 0) is 12.3 Å². The summed E-state index contributed by atoms with van der Waals surface area (Å²) in [6.07, 6.45) is 3.44. The molecule has 0 saturated heterocycles. The summed E-state index contributed by atoms with van der Waals surface area (Å²) in [6, 6.07) is 17.2.